The van der Waals surface area contributed by atoms with E-state index in [9.17, 15) is 0 Å². The van der Waals surface area contributed by atoms with Crippen LogP contribution in [-0.2, 0) is 0 Å². The van der Waals surface area contributed by atoms with Gasteiger partial charge in [0.15, 0.2) is 0 Å². The Labute approximate surface area is 94.2 Å². The van der Waals surface area contributed by atoms with E-state index in [-0.39, 0.29) is 6.10 Å². The van der Waals surface area contributed by atoms with Crippen molar-refractivity contribution in [1.82, 2.24) is 4.98 Å². The number of pyridine rings is 1. The van der Waals surface area contributed by atoms with Crippen molar-refractivity contribution < 1.29 is 4.74 Å². The van der Waals surface area contributed by atoms with Gasteiger partial charge in [-0.15, -0.1) is 0 Å². The third kappa shape index (κ3) is 1.58. The lowest BCUT2D eigenvalue weighted by atomic mass is 10.1. The minimum atomic E-state index is -0.0244. The average Bonchev–Trinajstić information content (AvgIpc) is 2.39. The van der Waals surface area contributed by atoms with Crippen molar-refractivity contribution >= 4 is 6.08 Å². The molecule has 1 aliphatic heterocycles. The highest BCUT2D eigenvalue weighted by molar-refractivity contribution is 5.57. The Morgan fingerprint density at radius 2 is 1.88 bits per heavy atom. The summed E-state index contributed by atoms with van der Waals surface area (Å²) in [5, 5.41) is 0. The van der Waals surface area contributed by atoms with Gasteiger partial charge < -0.3 is 4.74 Å². The second kappa shape index (κ2) is 3.81. The van der Waals surface area contributed by atoms with Crippen LogP contribution in [-0.4, -0.2) is 4.98 Å². The van der Waals surface area contributed by atoms with Crippen LogP contribution in [0.4, 0.5) is 0 Å². The molecule has 2 heterocycles. The fourth-order valence-corrected chi connectivity index (χ4v) is 1.80. The molecule has 0 saturated carbocycles. The molecule has 2 nitrogen and oxygen atoms in total. The number of ether oxygens (including phenoxy) is 1. The first kappa shape index (κ1) is 9.16. The van der Waals surface area contributed by atoms with Crippen LogP contribution < -0.4 is 4.74 Å². The number of nitrogens with zero attached hydrogens (tertiary/aromatic N) is 1. The molecule has 1 unspecified atom stereocenters. The van der Waals surface area contributed by atoms with Crippen molar-refractivity contribution in [3.8, 4) is 5.88 Å². The fraction of sp³-hybridized carbons (Fsp3) is 0.0714. The molecule has 0 amide bonds. The van der Waals surface area contributed by atoms with Crippen LogP contribution >= 0.6 is 0 Å². The van der Waals surface area contributed by atoms with Gasteiger partial charge in [0.05, 0.1) is 0 Å². The highest BCUT2D eigenvalue weighted by atomic mass is 16.5. The van der Waals surface area contributed by atoms with E-state index in [1.54, 1.807) is 6.20 Å². The van der Waals surface area contributed by atoms with Gasteiger partial charge in [0.2, 0.25) is 5.88 Å². The van der Waals surface area contributed by atoms with Crippen LogP contribution in [0.25, 0.3) is 6.08 Å². The SMILES string of the molecule is C1=CC(c2ccccc2)Oc2ncccc21. The molecular formula is C14H11NO. The Hall–Kier alpha value is -2.09. The summed E-state index contributed by atoms with van der Waals surface area (Å²) < 4.78 is 5.82. The van der Waals surface area contributed by atoms with Gasteiger partial charge in [-0.05, 0) is 29.8 Å². The van der Waals surface area contributed by atoms with E-state index in [4.69, 9.17) is 4.74 Å². The Morgan fingerprint density at radius 1 is 1.00 bits per heavy atom. The number of fused-ring (bicyclic) bond motifs is 1. The molecule has 0 fully saturated rings. The second-order valence-electron chi connectivity index (χ2n) is 3.71. The highest BCUT2D eigenvalue weighted by Crippen LogP contribution is 2.30. The standard InChI is InChI=1S/C14H11NO/c1-2-5-11(6-3-1)13-9-8-12-7-4-10-15-14(12)16-13/h1-10,13H. The summed E-state index contributed by atoms with van der Waals surface area (Å²) >= 11 is 0. The Balaban J connectivity index is 1.95. The van der Waals surface area contributed by atoms with E-state index in [0.29, 0.717) is 5.88 Å². The van der Waals surface area contributed by atoms with Crippen molar-refractivity contribution in [2.45, 2.75) is 6.10 Å². The lowest BCUT2D eigenvalue weighted by Crippen LogP contribution is -2.09. The van der Waals surface area contributed by atoms with Crippen LogP contribution in [0.5, 0.6) is 5.88 Å². The molecular weight excluding hydrogens is 198 g/mol. The zero-order valence-corrected chi connectivity index (χ0v) is 8.71. The first-order valence-corrected chi connectivity index (χ1v) is 5.28. The summed E-state index contributed by atoms with van der Waals surface area (Å²) in [6.45, 7) is 0. The summed E-state index contributed by atoms with van der Waals surface area (Å²) in [6, 6.07) is 14.1. The van der Waals surface area contributed by atoms with Gasteiger partial charge in [0.1, 0.15) is 6.10 Å². The average molecular weight is 209 g/mol. The van der Waals surface area contributed by atoms with E-state index >= 15 is 0 Å². The molecule has 2 aromatic rings. The van der Waals surface area contributed by atoms with Gasteiger partial charge in [-0.3, -0.25) is 0 Å². The lowest BCUT2D eigenvalue weighted by Gasteiger charge is -2.20. The molecule has 0 radical (unpaired) electrons. The first-order chi connectivity index (χ1) is 7.93. The van der Waals surface area contributed by atoms with Gasteiger partial charge in [0, 0.05) is 11.8 Å². The molecule has 2 heteroatoms. The number of benzene rings is 1. The van der Waals surface area contributed by atoms with Crippen LogP contribution in [0.15, 0.2) is 54.7 Å². The van der Waals surface area contributed by atoms with Gasteiger partial charge in [-0.25, -0.2) is 4.98 Å². The minimum absolute atomic E-state index is 0.0244. The molecule has 0 aliphatic carbocycles. The van der Waals surface area contributed by atoms with Crippen molar-refractivity contribution in [2.75, 3.05) is 0 Å². The van der Waals surface area contributed by atoms with Gasteiger partial charge in [-0.1, -0.05) is 30.3 Å². The molecule has 1 aliphatic rings. The fourth-order valence-electron chi connectivity index (χ4n) is 1.80. The van der Waals surface area contributed by atoms with E-state index in [1.807, 2.05) is 30.3 Å². The van der Waals surface area contributed by atoms with Crippen molar-refractivity contribution in [3.05, 3.63) is 65.9 Å². The topological polar surface area (TPSA) is 22.1 Å². The van der Waals surface area contributed by atoms with Crippen molar-refractivity contribution in [3.63, 3.8) is 0 Å². The number of rotatable bonds is 1. The summed E-state index contributed by atoms with van der Waals surface area (Å²) in [7, 11) is 0. The van der Waals surface area contributed by atoms with Crippen molar-refractivity contribution in [2.24, 2.45) is 0 Å². The smallest absolute Gasteiger partial charge is 0.221 e. The molecule has 1 atom stereocenters. The minimum Gasteiger partial charge on any atom is -0.465 e. The zero-order chi connectivity index (χ0) is 10.8. The predicted octanol–water partition coefficient (Wildman–Crippen LogP) is 3.23. The molecule has 3 rings (SSSR count). The van der Waals surface area contributed by atoms with Gasteiger partial charge in [0.25, 0.3) is 0 Å². The maximum atomic E-state index is 5.82. The maximum Gasteiger partial charge on any atom is 0.221 e. The monoisotopic (exact) mass is 209 g/mol. The summed E-state index contributed by atoms with van der Waals surface area (Å²) in [5.41, 5.74) is 2.18. The zero-order valence-electron chi connectivity index (χ0n) is 8.71. The largest absolute Gasteiger partial charge is 0.465 e. The van der Waals surface area contributed by atoms with Gasteiger partial charge >= 0.3 is 0 Å². The van der Waals surface area contributed by atoms with Gasteiger partial charge in [-0.2, -0.15) is 0 Å². The van der Waals surface area contributed by atoms with Crippen LogP contribution in [0.1, 0.15) is 17.2 Å². The van der Waals surface area contributed by atoms with E-state index in [2.05, 4.69) is 29.3 Å². The third-order valence-corrected chi connectivity index (χ3v) is 2.62. The Morgan fingerprint density at radius 3 is 2.75 bits per heavy atom. The van der Waals surface area contributed by atoms with Crippen LogP contribution in [0, 0.1) is 0 Å². The maximum absolute atomic E-state index is 5.82. The number of aromatic nitrogens is 1. The molecule has 1 aromatic heterocycles. The number of hydrogen-bond acceptors (Lipinski definition) is 2. The van der Waals surface area contributed by atoms with E-state index < -0.39 is 0 Å². The Bertz CT molecular complexity index is 519. The first-order valence-electron chi connectivity index (χ1n) is 5.28. The number of hydrogen-bond donors (Lipinski definition) is 0. The molecule has 78 valence electrons. The lowest BCUT2D eigenvalue weighted by molar-refractivity contribution is 0.241. The Kier molecular flexibility index (Phi) is 2.18. The molecule has 0 spiro atoms. The summed E-state index contributed by atoms with van der Waals surface area (Å²) in [4.78, 5) is 4.22. The molecule has 0 bridgehead atoms. The van der Waals surface area contributed by atoms with Crippen LogP contribution in [0.2, 0.25) is 0 Å². The summed E-state index contributed by atoms with van der Waals surface area (Å²) in [5.74, 6) is 0.707. The molecule has 0 saturated heterocycles. The quantitative estimate of drug-likeness (QED) is 0.719. The molecule has 1 aromatic carbocycles. The van der Waals surface area contributed by atoms with E-state index in [1.165, 1.54) is 0 Å². The second-order valence-corrected chi connectivity index (χ2v) is 3.71. The van der Waals surface area contributed by atoms with E-state index in [0.717, 1.165) is 11.1 Å². The molecule has 0 N–H and O–H groups in total. The normalized spacial score (nSPS) is 17.6. The predicted molar refractivity (Wildman–Crippen MR) is 63.1 cm³/mol. The van der Waals surface area contributed by atoms with Crippen molar-refractivity contribution in [1.29, 1.82) is 0 Å². The highest BCUT2D eigenvalue weighted by Gasteiger charge is 2.16. The third-order valence-electron chi connectivity index (χ3n) is 2.62. The molecule has 16 heavy (non-hydrogen) atoms. The van der Waals surface area contributed by atoms with Crippen LogP contribution in [0.3, 0.4) is 0 Å². The summed E-state index contributed by atoms with van der Waals surface area (Å²) in [6.07, 6.45) is 5.84.